The first-order valence-electron chi connectivity index (χ1n) is 4.87. The molecule has 5 heteroatoms. The maximum atomic E-state index is 13.4. The molecule has 0 N–H and O–H groups in total. The normalized spacial score (nSPS) is 9.65. The van der Waals surface area contributed by atoms with Crippen LogP contribution in [0.25, 0.3) is 0 Å². The summed E-state index contributed by atoms with van der Waals surface area (Å²) in [6, 6.07) is 5.90. The van der Waals surface area contributed by atoms with E-state index in [2.05, 4.69) is 9.97 Å². The van der Waals surface area contributed by atoms with Crippen LogP contribution in [0.1, 0.15) is 11.3 Å². The summed E-state index contributed by atoms with van der Waals surface area (Å²) in [5.74, 6) is -0.470. The second-order valence-corrected chi connectivity index (χ2v) is 3.24. The molecule has 84 valence electrons. The van der Waals surface area contributed by atoms with Crippen molar-refractivity contribution in [3.05, 3.63) is 53.9 Å². The van der Waals surface area contributed by atoms with Gasteiger partial charge in [0.2, 0.25) is 0 Å². The fourth-order valence-corrected chi connectivity index (χ4v) is 1.24. The van der Waals surface area contributed by atoms with Crippen molar-refractivity contribution >= 4 is 0 Å². The summed E-state index contributed by atoms with van der Waals surface area (Å²) >= 11 is 0. The molecular formula is C12H8FN3O. The molecule has 0 aliphatic carbocycles. The highest BCUT2D eigenvalue weighted by molar-refractivity contribution is 5.36. The number of ether oxygens (including phenoxy) is 1. The number of nitriles is 1. The van der Waals surface area contributed by atoms with Crippen LogP contribution in [0, 0.1) is 17.1 Å². The molecule has 0 aliphatic rings. The molecule has 1 aromatic carbocycles. The number of hydrogen-bond acceptors (Lipinski definition) is 4. The smallest absolute Gasteiger partial charge is 0.166 e. The Balaban J connectivity index is 2.08. The van der Waals surface area contributed by atoms with Crippen LogP contribution in [0.15, 0.2) is 36.8 Å². The zero-order valence-corrected chi connectivity index (χ0v) is 8.80. The van der Waals surface area contributed by atoms with Crippen LogP contribution in [-0.2, 0) is 6.61 Å². The fourth-order valence-electron chi connectivity index (χ4n) is 1.24. The molecule has 17 heavy (non-hydrogen) atoms. The van der Waals surface area contributed by atoms with E-state index < -0.39 is 5.82 Å². The predicted molar refractivity (Wildman–Crippen MR) is 57.5 cm³/mol. The Kier molecular flexibility index (Phi) is 3.26. The second-order valence-electron chi connectivity index (χ2n) is 3.24. The number of hydrogen-bond donors (Lipinski definition) is 0. The zero-order chi connectivity index (χ0) is 12.1. The number of halogens is 1. The third kappa shape index (κ3) is 2.75. The maximum absolute atomic E-state index is 13.4. The van der Waals surface area contributed by atoms with Crippen LogP contribution in [0.3, 0.4) is 0 Å². The quantitative estimate of drug-likeness (QED) is 0.808. The van der Waals surface area contributed by atoms with Gasteiger partial charge < -0.3 is 4.74 Å². The standard InChI is InChI=1S/C12H8FN3O/c13-11-5-9(6-14)1-2-12(11)17-8-10-7-15-3-4-16-10/h1-5,7H,8H2. The Morgan fingerprint density at radius 3 is 2.88 bits per heavy atom. The minimum Gasteiger partial charge on any atom is -0.484 e. The Morgan fingerprint density at radius 1 is 1.35 bits per heavy atom. The first-order chi connectivity index (χ1) is 8.29. The highest BCUT2D eigenvalue weighted by atomic mass is 19.1. The molecule has 0 saturated carbocycles. The van der Waals surface area contributed by atoms with E-state index in [0.29, 0.717) is 5.69 Å². The summed E-state index contributed by atoms with van der Waals surface area (Å²) in [5.41, 5.74) is 0.866. The van der Waals surface area contributed by atoms with Gasteiger partial charge in [0.1, 0.15) is 6.61 Å². The third-order valence-corrected chi connectivity index (χ3v) is 2.05. The molecule has 1 heterocycles. The van der Waals surface area contributed by atoms with E-state index in [9.17, 15) is 4.39 Å². The average Bonchev–Trinajstić information content (AvgIpc) is 2.38. The van der Waals surface area contributed by atoms with Crippen LogP contribution in [0.4, 0.5) is 4.39 Å². The van der Waals surface area contributed by atoms with Crippen molar-refractivity contribution in [1.82, 2.24) is 9.97 Å². The van der Waals surface area contributed by atoms with E-state index >= 15 is 0 Å². The van der Waals surface area contributed by atoms with Gasteiger partial charge in [0, 0.05) is 12.4 Å². The predicted octanol–water partition coefficient (Wildman–Crippen LogP) is 2.07. The SMILES string of the molecule is N#Cc1ccc(OCc2cnccn2)c(F)c1. The highest BCUT2D eigenvalue weighted by Gasteiger charge is 2.05. The second kappa shape index (κ2) is 5.03. The molecule has 1 aromatic heterocycles. The van der Waals surface area contributed by atoms with E-state index in [-0.39, 0.29) is 17.9 Å². The first-order valence-corrected chi connectivity index (χ1v) is 4.87. The minimum atomic E-state index is -0.562. The number of aromatic nitrogens is 2. The van der Waals surface area contributed by atoms with E-state index in [4.69, 9.17) is 10.00 Å². The Morgan fingerprint density at radius 2 is 2.24 bits per heavy atom. The van der Waals surface area contributed by atoms with Gasteiger partial charge in [-0.15, -0.1) is 0 Å². The molecule has 0 spiro atoms. The van der Waals surface area contributed by atoms with Crippen LogP contribution in [0.5, 0.6) is 5.75 Å². The highest BCUT2D eigenvalue weighted by Crippen LogP contribution is 2.18. The number of benzene rings is 1. The molecule has 0 saturated heterocycles. The zero-order valence-electron chi connectivity index (χ0n) is 8.80. The molecule has 2 aromatic rings. The van der Waals surface area contributed by atoms with Crippen molar-refractivity contribution in [2.24, 2.45) is 0 Å². The molecule has 0 atom stereocenters. The fraction of sp³-hybridized carbons (Fsp3) is 0.0833. The minimum absolute atomic E-state index is 0.0923. The van der Waals surface area contributed by atoms with Gasteiger partial charge in [-0.05, 0) is 18.2 Å². The van der Waals surface area contributed by atoms with Gasteiger partial charge in [0.25, 0.3) is 0 Å². The summed E-state index contributed by atoms with van der Waals surface area (Å²) in [6.45, 7) is 0.136. The largest absolute Gasteiger partial charge is 0.484 e. The number of nitrogens with zero attached hydrogens (tertiary/aromatic N) is 3. The summed E-state index contributed by atoms with van der Waals surface area (Å²) in [6.07, 6.45) is 4.63. The third-order valence-electron chi connectivity index (χ3n) is 2.05. The van der Waals surface area contributed by atoms with E-state index in [1.54, 1.807) is 12.4 Å². The summed E-state index contributed by atoms with van der Waals surface area (Å²) < 4.78 is 18.7. The lowest BCUT2D eigenvalue weighted by atomic mass is 10.2. The van der Waals surface area contributed by atoms with Crippen molar-refractivity contribution in [3.8, 4) is 11.8 Å². The van der Waals surface area contributed by atoms with E-state index in [1.807, 2.05) is 6.07 Å². The van der Waals surface area contributed by atoms with Crippen molar-refractivity contribution in [2.75, 3.05) is 0 Å². The van der Waals surface area contributed by atoms with Gasteiger partial charge >= 0.3 is 0 Å². The van der Waals surface area contributed by atoms with Crippen molar-refractivity contribution in [3.63, 3.8) is 0 Å². The summed E-state index contributed by atoms with van der Waals surface area (Å²) in [4.78, 5) is 7.86. The van der Waals surface area contributed by atoms with Crippen LogP contribution in [-0.4, -0.2) is 9.97 Å². The monoisotopic (exact) mass is 229 g/mol. The lowest BCUT2D eigenvalue weighted by Gasteiger charge is -2.06. The Hall–Kier alpha value is -2.48. The molecule has 0 bridgehead atoms. The van der Waals surface area contributed by atoms with Crippen molar-refractivity contribution in [2.45, 2.75) is 6.61 Å². The van der Waals surface area contributed by atoms with Gasteiger partial charge in [0.05, 0.1) is 23.5 Å². The van der Waals surface area contributed by atoms with Crippen molar-refractivity contribution < 1.29 is 9.13 Å². The number of rotatable bonds is 3. The molecule has 0 amide bonds. The van der Waals surface area contributed by atoms with Gasteiger partial charge in [-0.2, -0.15) is 5.26 Å². The topological polar surface area (TPSA) is 58.8 Å². The van der Waals surface area contributed by atoms with Crippen LogP contribution in [0.2, 0.25) is 0 Å². The molecule has 2 rings (SSSR count). The van der Waals surface area contributed by atoms with E-state index in [0.717, 1.165) is 6.07 Å². The molecule has 0 fully saturated rings. The summed E-state index contributed by atoms with van der Waals surface area (Å²) in [7, 11) is 0. The first kappa shape index (κ1) is 11.0. The molecule has 0 aliphatic heterocycles. The molecule has 0 radical (unpaired) electrons. The van der Waals surface area contributed by atoms with Gasteiger partial charge in [0.15, 0.2) is 11.6 Å². The van der Waals surface area contributed by atoms with Gasteiger partial charge in [-0.3, -0.25) is 9.97 Å². The Labute approximate surface area is 97.3 Å². The molecule has 4 nitrogen and oxygen atoms in total. The lowest BCUT2D eigenvalue weighted by molar-refractivity contribution is 0.285. The van der Waals surface area contributed by atoms with E-state index in [1.165, 1.54) is 18.3 Å². The van der Waals surface area contributed by atoms with Crippen LogP contribution < -0.4 is 4.74 Å². The summed E-state index contributed by atoms with van der Waals surface area (Å²) in [5, 5.41) is 8.59. The average molecular weight is 229 g/mol. The molecule has 0 unspecified atom stereocenters. The Bertz CT molecular complexity index is 551. The van der Waals surface area contributed by atoms with Gasteiger partial charge in [-0.1, -0.05) is 0 Å². The van der Waals surface area contributed by atoms with Gasteiger partial charge in [-0.25, -0.2) is 4.39 Å². The van der Waals surface area contributed by atoms with Crippen molar-refractivity contribution in [1.29, 1.82) is 5.26 Å². The lowest BCUT2D eigenvalue weighted by Crippen LogP contribution is -2.00. The molecular weight excluding hydrogens is 221 g/mol. The maximum Gasteiger partial charge on any atom is 0.166 e. The van der Waals surface area contributed by atoms with Crippen LogP contribution >= 0.6 is 0 Å².